The average Bonchev–Trinajstić information content (AvgIpc) is 2.78. The summed E-state index contributed by atoms with van der Waals surface area (Å²) in [6.45, 7) is 0.483. The number of hydrazine groups is 1. The first kappa shape index (κ1) is 20.9. The van der Waals surface area contributed by atoms with Gasteiger partial charge in [-0.1, -0.05) is 24.3 Å². The molecule has 2 amide bonds. The molecule has 0 bridgehead atoms. The van der Waals surface area contributed by atoms with Gasteiger partial charge in [0, 0.05) is 29.4 Å². The lowest BCUT2D eigenvalue weighted by atomic mass is 10.1. The van der Waals surface area contributed by atoms with Gasteiger partial charge >= 0.3 is 0 Å². The van der Waals surface area contributed by atoms with Crippen molar-refractivity contribution >= 4 is 34.7 Å². The van der Waals surface area contributed by atoms with E-state index in [1.165, 1.54) is 6.34 Å². The Labute approximate surface area is 174 Å². The molecule has 1 heterocycles. The van der Waals surface area contributed by atoms with Crippen molar-refractivity contribution in [2.24, 2.45) is 10.8 Å². The van der Waals surface area contributed by atoms with Gasteiger partial charge in [-0.25, -0.2) is 5.84 Å². The first-order valence-corrected chi connectivity index (χ1v) is 9.63. The van der Waals surface area contributed by atoms with E-state index in [1.54, 1.807) is 36.5 Å². The minimum absolute atomic E-state index is 0.288. The van der Waals surface area contributed by atoms with Crippen LogP contribution in [0.5, 0.6) is 0 Å². The summed E-state index contributed by atoms with van der Waals surface area (Å²) in [4.78, 5) is 33.8. The summed E-state index contributed by atoms with van der Waals surface area (Å²) in [7, 11) is 0. The molecule has 0 aliphatic rings. The monoisotopic (exact) mass is 404 g/mol. The number of aromatic nitrogens is 1. The summed E-state index contributed by atoms with van der Waals surface area (Å²) in [6.07, 6.45) is 4.15. The van der Waals surface area contributed by atoms with E-state index in [9.17, 15) is 9.59 Å². The Morgan fingerprint density at radius 3 is 2.73 bits per heavy atom. The number of carbonyl (C=O) groups excluding carboxylic acids is 2. The van der Waals surface area contributed by atoms with Crippen LogP contribution in [0.25, 0.3) is 10.9 Å². The van der Waals surface area contributed by atoms with Gasteiger partial charge in [-0.3, -0.25) is 19.6 Å². The maximum Gasteiger partial charge on any atom is 0.251 e. The molecular weight excluding hydrogens is 380 g/mol. The van der Waals surface area contributed by atoms with Crippen molar-refractivity contribution in [3.8, 4) is 0 Å². The molecule has 0 unspecified atom stereocenters. The molecule has 0 radical (unpaired) electrons. The molecule has 0 saturated carbocycles. The van der Waals surface area contributed by atoms with Gasteiger partial charge in [0.25, 0.3) is 5.91 Å². The highest BCUT2D eigenvalue weighted by molar-refractivity contribution is 6.01. The molecule has 3 aromatic rings. The minimum Gasteiger partial charge on any atom is -0.340 e. The number of carbonyl (C=O) groups is 2. The molecule has 0 fully saturated rings. The van der Waals surface area contributed by atoms with Gasteiger partial charge in [0.2, 0.25) is 5.91 Å². The molecule has 30 heavy (non-hydrogen) atoms. The van der Waals surface area contributed by atoms with Crippen molar-refractivity contribution in [1.29, 1.82) is 0 Å². The maximum atomic E-state index is 12.9. The third kappa shape index (κ3) is 5.86. The number of amides is 2. The molecule has 0 saturated heterocycles. The molecule has 0 aliphatic heterocycles. The first-order valence-electron chi connectivity index (χ1n) is 9.63. The summed E-state index contributed by atoms with van der Waals surface area (Å²) in [5.74, 6) is 4.56. The average molecular weight is 404 g/mol. The molecule has 154 valence electrons. The van der Waals surface area contributed by atoms with Crippen molar-refractivity contribution in [3.05, 3.63) is 72.4 Å². The van der Waals surface area contributed by atoms with Gasteiger partial charge in [-0.2, -0.15) is 0 Å². The molecular formula is C22H24N6O2. The Bertz CT molecular complexity index is 1020. The second-order valence-corrected chi connectivity index (χ2v) is 6.64. The van der Waals surface area contributed by atoms with E-state index >= 15 is 0 Å². The fourth-order valence-electron chi connectivity index (χ4n) is 2.99. The first-order chi connectivity index (χ1) is 14.7. The van der Waals surface area contributed by atoms with E-state index in [0.29, 0.717) is 30.6 Å². The predicted molar refractivity (Wildman–Crippen MR) is 118 cm³/mol. The summed E-state index contributed by atoms with van der Waals surface area (Å²) in [5.41, 5.74) is 4.32. The Balaban J connectivity index is 1.70. The summed E-state index contributed by atoms with van der Waals surface area (Å²) >= 11 is 0. The van der Waals surface area contributed by atoms with E-state index < -0.39 is 6.04 Å². The quantitative estimate of drug-likeness (QED) is 0.143. The van der Waals surface area contributed by atoms with Crippen LogP contribution >= 0.6 is 0 Å². The van der Waals surface area contributed by atoms with Crippen LogP contribution < -0.4 is 21.9 Å². The van der Waals surface area contributed by atoms with Crippen LogP contribution in [0.15, 0.2) is 71.9 Å². The number of nitrogens with two attached hydrogens (primary N) is 1. The van der Waals surface area contributed by atoms with Crippen LogP contribution in [0.2, 0.25) is 0 Å². The second-order valence-electron chi connectivity index (χ2n) is 6.64. The number of nitrogens with zero attached hydrogens (tertiary/aromatic N) is 2. The highest BCUT2D eigenvalue weighted by atomic mass is 16.2. The molecule has 1 aromatic heterocycles. The summed E-state index contributed by atoms with van der Waals surface area (Å²) < 4.78 is 0. The number of fused-ring (bicyclic) bond motifs is 1. The van der Waals surface area contributed by atoms with Gasteiger partial charge in [0.1, 0.15) is 6.04 Å². The Morgan fingerprint density at radius 2 is 1.93 bits per heavy atom. The number of pyridine rings is 1. The van der Waals surface area contributed by atoms with Crippen LogP contribution in [0.1, 0.15) is 23.2 Å². The highest BCUT2D eigenvalue weighted by Gasteiger charge is 2.21. The Hall–Kier alpha value is -3.78. The molecule has 8 nitrogen and oxygen atoms in total. The highest BCUT2D eigenvalue weighted by Crippen LogP contribution is 2.17. The largest absolute Gasteiger partial charge is 0.340 e. The number of hydrogen-bond acceptors (Lipinski definition) is 5. The number of hydrogen-bond donors (Lipinski definition) is 4. The van der Waals surface area contributed by atoms with Crippen molar-refractivity contribution in [2.45, 2.75) is 18.9 Å². The molecule has 0 spiro atoms. The second kappa shape index (κ2) is 10.7. The normalized spacial score (nSPS) is 11.9. The predicted octanol–water partition coefficient (Wildman–Crippen LogP) is 2.24. The standard InChI is InChI=1S/C22H24N6O2/c23-26-15-24-12-5-9-20(28-21(29)16-6-2-1-3-7-16)22(30)27-18-10-11-19-17(14-18)8-4-13-25-19/h1-4,6-8,10-11,13-15,20H,5,9,12,23H2,(H,24,26)(H,27,30)(H,28,29)/t20-/m1/s1. The third-order valence-electron chi connectivity index (χ3n) is 4.47. The van der Waals surface area contributed by atoms with Crippen molar-refractivity contribution in [2.75, 3.05) is 11.9 Å². The van der Waals surface area contributed by atoms with E-state index in [2.05, 4.69) is 26.0 Å². The zero-order valence-corrected chi connectivity index (χ0v) is 16.4. The van der Waals surface area contributed by atoms with Crippen LogP contribution in [0.3, 0.4) is 0 Å². The van der Waals surface area contributed by atoms with Gasteiger partial charge in [0.05, 0.1) is 11.9 Å². The van der Waals surface area contributed by atoms with Crippen molar-refractivity contribution < 1.29 is 9.59 Å². The zero-order valence-electron chi connectivity index (χ0n) is 16.4. The lowest BCUT2D eigenvalue weighted by Crippen LogP contribution is -2.43. The molecule has 1 atom stereocenters. The number of anilines is 1. The Morgan fingerprint density at radius 1 is 1.10 bits per heavy atom. The van der Waals surface area contributed by atoms with Crippen LogP contribution in [-0.2, 0) is 4.79 Å². The molecule has 0 aliphatic carbocycles. The zero-order chi connectivity index (χ0) is 21.2. The van der Waals surface area contributed by atoms with Crippen molar-refractivity contribution in [1.82, 2.24) is 15.7 Å². The summed E-state index contributed by atoms with van der Waals surface area (Å²) in [5, 5.41) is 6.64. The van der Waals surface area contributed by atoms with Crippen LogP contribution in [-0.4, -0.2) is 35.7 Å². The number of aliphatic imine (C=N–C) groups is 1. The molecule has 5 N–H and O–H groups in total. The third-order valence-corrected chi connectivity index (χ3v) is 4.47. The smallest absolute Gasteiger partial charge is 0.251 e. The van der Waals surface area contributed by atoms with Crippen LogP contribution in [0.4, 0.5) is 5.69 Å². The molecule has 8 heteroatoms. The van der Waals surface area contributed by atoms with E-state index in [4.69, 9.17) is 5.84 Å². The van der Waals surface area contributed by atoms with E-state index in [-0.39, 0.29) is 11.8 Å². The van der Waals surface area contributed by atoms with E-state index in [0.717, 1.165) is 10.9 Å². The number of rotatable bonds is 9. The fraction of sp³-hybridized carbons (Fsp3) is 0.182. The molecule has 2 aromatic carbocycles. The topological polar surface area (TPSA) is 121 Å². The van der Waals surface area contributed by atoms with Crippen LogP contribution in [0, 0.1) is 0 Å². The van der Waals surface area contributed by atoms with E-state index in [1.807, 2.05) is 30.3 Å². The minimum atomic E-state index is -0.705. The van der Waals surface area contributed by atoms with Gasteiger partial charge in [-0.05, 0) is 49.2 Å². The van der Waals surface area contributed by atoms with Gasteiger partial charge in [-0.15, -0.1) is 0 Å². The van der Waals surface area contributed by atoms with Gasteiger partial charge < -0.3 is 16.1 Å². The Kier molecular flexibility index (Phi) is 7.45. The number of benzene rings is 2. The summed E-state index contributed by atoms with van der Waals surface area (Å²) in [6, 6.07) is 17.4. The fourth-order valence-corrected chi connectivity index (χ4v) is 2.99. The molecule has 3 rings (SSSR count). The SMILES string of the molecule is NNC=NCCC[C@@H](NC(=O)c1ccccc1)C(=O)Nc1ccc2ncccc2c1. The maximum absolute atomic E-state index is 12.9. The lowest BCUT2D eigenvalue weighted by molar-refractivity contribution is -0.118. The van der Waals surface area contributed by atoms with Crippen molar-refractivity contribution in [3.63, 3.8) is 0 Å². The number of nitrogens with one attached hydrogen (secondary N) is 3. The van der Waals surface area contributed by atoms with Gasteiger partial charge in [0.15, 0.2) is 0 Å². The lowest BCUT2D eigenvalue weighted by Gasteiger charge is -2.18.